The number of hydrogen-bond acceptors (Lipinski definition) is 4. The van der Waals surface area contributed by atoms with Crippen molar-refractivity contribution in [3.63, 3.8) is 0 Å². The van der Waals surface area contributed by atoms with Crippen LogP contribution < -0.4 is 0 Å². The standard InChI is InChI=1S/C8H10N2S2/c1-6-7(2)12-8(10-6)11-5-3-4-9/h3,5H2,1-2H3. The molecule has 0 spiro atoms. The van der Waals surface area contributed by atoms with Crippen LogP contribution in [0.4, 0.5) is 0 Å². The number of thioether (sulfide) groups is 1. The minimum atomic E-state index is 0.600. The van der Waals surface area contributed by atoms with Crippen LogP contribution in [0, 0.1) is 25.2 Å². The van der Waals surface area contributed by atoms with E-state index in [0.717, 1.165) is 15.8 Å². The number of thiazole rings is 1. The van der Waals surface area contributed by atoms with Crippen LogP contribution in [0.3, 0.4) is 0 Å². The predicted octanol–water partition coefficient (Wildman–Crippen LogP) is 2.77. The molecule has 0 fully saturated rings. The molecule has 0 unspecified atom stereocenters. The monoisotopic (exact) mass is 198 g/mol. The predicted molar refractivity (Wildman–Crippen MR) is 52.5 cm³/mol. The summed E-state index contributed by atoms with van der Waals surface area (Å²) in [5.74, 6) is 0.850. The Balaban J connectivity index is 2.48. The lowest BCUT2D eigenvalue weighted by Gasteiger charge is -1.88. The van der Waals surface area contributed by atoms with Crippen molar-refractivity contribution < 1.29 is 0 Å². The van der Waals surface area contributed by atoms with Crippen LogP contribution in [0.1, 0.15) is 17.0 Å². The Morgan fingerprint density at radius 2 is 2.33 bits per heavy atom. The van der Waals surface area contributed by atoms with Crippen molar-refractivity contribution >= 4 is 23.1 Å². The molecule has 0 aliphatic heterocycles. The van der Waals surface area contributed by atoms with Crippen LogP contribution in [-0.4, -0.2) is 10.7 Å². The van der Waals surface area contributed by atoms with Crippen molar-refractivity contribution in [2.24, 2.45) is 0 Å². The topological polar surface area (TPSA) is 36.7 Å². The molecule has 64 valence electrons. The fourth-order valence-corrected chi connectivity index (χ4v) is 2.76. The highest BCUT2D eigenvalue weighted by molar-refractivity contribution is 8.01. The second-order valence-electron chi connectivity index (χ2n) is 2.38. The first-order chi connectivity index (χ1) is 5.74. The van der Waals surface area contributed by atoms with Crippen LogP contribution in [-0.2, 0) is 0 Å². The van der Waals surface area contributed by atoms with Gasteiger partial charge in [0.1, 0.15) is 4.34 Å². The molecule has 1 aromatic rings. The van der Waals surface area contributed by atoms with E-state index in [0.29, 0.717) is 6.42 Å². The maximum Gasteiger partial charge on any atom is 0.150 e. The van der Waals surface area contributed by atoms with Gasteiger partial charge in [-0.25, -0.2) is 4.98 Å². The molecule has 1 rings (SSSR count). The summed E-state index contributed by atoms with van der Waals surface area (Å²) in [7, 11) is 0. The number of nitrogens with zero attached hydrogens (tertiary/aromatic N) is 2. The minimum absolute atomic E-state index is 0.600. The molecule has 4 heteroatoms. The average Bonchev–Trinajstić information content (AvgIpc) is 2.32. The van der Waals surface area contributed by atoms with Gasteiger partial charge in [-0.3, -0.25) is 0 Å². The van der Waals surface area contributed by atoms with Gasteiger partial charge in [-0.15, -0.1) is 11.3 Å². The van der Waals surface area contributed by atoms with Gasteiger partial charge >= 0.3 is 0 Å². The molecule has 0 radical (unpaired) electrons. The van der Waals surface area contributed by atoms with Gasteiger partial charge in [0, 0.05) is 17.1 Å². The third-order valence-corrected chi connectivity index (χ3v) is 3.67. The summed E-state index contributed by atoms with van der Waals surface area (Å²) >= 11 is 3.37. The van der Waals surface area contributed by atoms with Gasteiger partial charge in [-0.05, 0) is 13.8 Å². The van der Waals surface area contributed by atoms with E-state index in [1.807, 2.05) is 6.92 Å². The van der Waals surface area contributed by atoms with Crippen molar-refractivity contribution in [1.82, 2.24) is 4.98 Å². The van der Waals surface area contributed by atoms with Crippen molar-refractivity contribution in [2.75, 3.05) is 5.75 Å². The summed E-state index contributed by atoms with van der Waals surface area (Å²) in [5.41, 5.74) is 1.11. The molecule has 0 atom stereocenters. The zero-order chi connectivity index (χ0) is 8.97. The van der Waals surface area contributed by atoms with E-state index in [1.165, 1.54) is 4.88 Å². The van der Waals surface area contributed by atoms with Gasteiger partial charge in [-0.2, -0.15) is 5.26 Å². The summed E-state index contributed by atoms with van der Waals surface area (Å²) in [6.45, 7) is 4.08. The van der Waals surface area contributed by atoms with Crippen molar-refractivity contribution in [3.05, 3.63) is 10.6 Å². The van der Waals surface area contributed by atoms with Gasteiger partial charge in [-0.1, -0.05) is 11.8 Å². The second-order valence-corrected chi connectivity index (χ2v) is 4.92. The largest absolute Gasteiger partial charge is 0.235 e. The summed E-state index contributed by atoms with van der Waals surface area (Å²) < 4.78 is 1.08. The van der Waals surface area contributed by atoms with E-state index in [2.05, 4.69) is 18.0 Å². The number of aryl methyl sites for hydroxylation is 2. The number of hydrogen-bond donors (Lipinski definition) is 0. The first-order valence-electron chi connectivity index (χ1n) is 3.68. The Kier molecular flexibility index (Phi) is 3.57. The molecule has 0 aromatic carbocycles. The fourth-order valence-electron chi connectivity index (χ4n) is 0.689. The molecule has 0 aliphatic rings. The molecule has 12 heavy (non-hydrogen) atoms. The van der Waals surface area contributed by atoms with Gasteiger partial charge in [0.2, 0.25) is 0 Å². The van der Waals surface area contributed by atoms with E-state index >= 15 is 0 Å². The maximum absolute atomic E-state index is 8.32. The lowest BCUT2D eigenvalue weighted by Crippen LogP contribution is -1.76. The molecular weight excluding hydrogens is 188 g/mol. The van der Waals surface area contributed by atoms with Gasteiger partial charge in [0.15, 0.2) is 0 Å². The normalized spacial score (nSPS) is 9.75. The molecule has 0 amide bonds. The van der Waals surface area contributed by atoms with Crippen LogP contribution in [0.15, 0.2) is 4.34 Å². The van der Waals surface area contributed by atoms with Gasteiger partial charge < -0.3 is 0 Å². The zero-order valence-electron chi connectivity index (χ0n) is 7.13. The van der Waals surface area contributed by atoms with E-state index in [1.54, 1.807) is 23.1 Å². The average molecular weight is 198 g/mol. The van der Waals surface area contributed by atoms with Crippen molar-refractivity contribution in [1.29, 1.82) is 5.26 Å². The molecule has 2 nitrogen and oxygen atoms in total. The van der Waals surface area contributed by atoms with E-state index in [4.69, 9.17) is 5.26 Å². The Bertz CT molecular complexity index is 279. The zero-order valence-corrected chi connectivity index (χ0v) is 8.76. The first-order valence-corrected chi connectivity index (χ1v) is 5.48. The highest BCUT2D eigenvalue weighted by atomic mass is 32.2. The maximum atomic E-state index is 8.32. The second kappa shape index (κ2) is 4.48. The molecule has 0 saturated heterocycles. The number of rotatable bonds is 3. The molecule has 0 saturated carbocycles. The van der Waals surface area contributed by atoms with E-state index in [-0.39, 0.29) is 0 Å². The SMILES string of the molecule is Cc1nc(SCCC#N)sc1C. The number of aromatic nitrogens is 1. The molecular formula is C8H10N2S2. The summed E-state index contributed by atoms with van der Waals surface area (Å²) in [5, 5.41) is 8.32. The minimum Gasteiger partial charge on any atom is -0.235 e. The van der Waals surface area contributed by atoms with Crippen LogP contribution in [0.5, 0.6) is 0 Å². The highest BCUT2D eigenvalue weighted by Crippen LogP contribution is 2.26. The molecule has 1 heterocycles. The Hall–Kier alpha value is -0.530. The quantitative estimate of drug-likeness (QED) is 0.553. The molecule has 0 N–H and O–H groups in total. The third-order valence-electron chi connectivity index (χ3n) is 1.45. The van der Waals surface area contributed by atoms with Crippen LogP contribution in [0.25, 0.3) is 0 Å². The van der Waals surface area contributed by atoms with E-state index in [9.17, 15) is 0 Å². The Morgan fingerprint density at radius 3 is 2.83 bits per heavy atom. The smallest absolute Gasteiger partial charge is 0.150 e. The Morgan fingerprint density at radius 1 is 1.58 bits per heavy atom. The van der Waals surface area contributed by atoms with Crippen LogP contribution >= 0.6 is 23.1 Å². The Labute approximate surface area is 80.6 Å². The van der Waals surface area contributed by atoms with Crippen molar-refractivity contribution in [3.8, 4) is 6.07 Å². The fraction of sp³-hybridized carbons (Fsp3) is 0.500. The molecule has 1 aromatic heterocycles. The molecule has 0 aliphatic carbocycles. The highest BCUT2D eigenvalue weighted by Gasteiger charge is 2.02. The first kappa shape index (κ1) is 9.56. The van der Waals surface area contributed by atoms with Gasteiger partial charge in [0.05, 0.1) is 11.8 Å². The summed E-state index contributed by atoms with van der Waals surface area (Å²) in [6.07, 6.45) is 0.600. The molecule has 0 bridgehead atoms. The van der Waals surface area contributed by atoms with Crippen LogP contribution in [0.2, 0.25) is 0 Å². The summed E-state index contributed by atoms with van der Waals surface area (Å²) in [4.78, 5) is 5.63. The number of nitriles is 1. The van der Waals surface area contributed by atoms with E-state index < -0.39 is 0 Å². The lowest BCUT2D eigenvalue weighted by molar-refractivity contribution is 1.14. The van der Waals surface area contributed by atoms with Crippen molar-refractivity contribution in [2.45, 2.75) is 24.6 Å². The third kappa shape index (κ3) is 2.50. The van der Waals surface area contributed by atoms with Gasteiger partial charge in [0.25, 0.3) is 0 Å². The lowest BCUT2D eigenvalue weighted by atomic mass is 10.4. The summed E-state index contributed by atoms with van der Waals surface area (Å²) in [6, 6.07) is 2.12.